The number of ketones is 1. The Morgan fingerprint density at radius 2 is 1.91 bits per heavy atom. The topological polar surface area (TPSA) is 153 Å². The zero-order chi connectivity index (χ0) is 32.1. The van der Waals surface area contributed by atoms with Crippen LogP contribution in [0.3, 0.4) is 0 Å². The van der Waals surface area contributed by atoms with Crippen LogP contribution in [0.1, 0.15) is 38.3 Å². The molecule has 1 aliphatic heterocycles. The molecule has 0 bridgehead atoms. The minimum atomic E-state index is -1.65. The summed E-state index contributed by atoms with van der Waals surface area (Å²) in [7, 11) is -1.65. The van der Waals surface area contributed by atoms with E-state index in [1.165, 1.54) is 6.20 Å². The molecule has 0 amide bonds. The summed E-state index contributed by atoms with van der Waals surface area (Å²) < 4.78 is 40.8. The second-order valence-corrected chi connectivity index (χ2v) is 10.4. The molecule has 230 valence electrons. The van der Waals surface area contributed by atoms with E-state index in [4.69, 9.17) is 5.73 Å². The number of carbonyl (C=O) groups excluding carboxylic acids is 2. The van der Waals surface area contributed by atoms with Crippen molar-refractivity contribution in [1.29, 1.82) is 0 Å². The van der Waals surface area contributed by atoms with Crippen LogP contribution in [0.4, 0.5) is 24.5 Å². The van der Waals surface area contributed by atoms with Gasteiger partial charge in [-0.15, -0.1) is 0 Å². The number of aromatic amines is 1. The molecular formula is C32H29BF3N5O4. The van der Waals surface area contributed by atoms with Gasteiger partial charge in [-0.25, -0.2) is 18.2 Å². The lowest BCUT2D eigenvalue weighted by molar-refractivity contribution is 0.103. The third-order valence-corrected chi connectivity index (χ3v) is 7.44. The van der Waals surface area contributed by atoms with Gasteiger partial charge in [-0.2, -0.15) is 0 Å². The molecule has 1 saturated heterocycles. The number of nitrogens with one attached hydrogen (secondary N) is 3. The van der Waals surface area contributed by atoms with Gasteiger partial charge in [0.25, 0.3) is 0 Å². The molecule has 1 fully saturated rings. The number of pyridine rings is 1. The molecule has 45 heavy (non-hydrogen) atoms. The third kappa shape index (κ3) is 6.90. The van der Waals surface area contributed by atoms with E-state index in [0.29, 0.717) is 63.7 Å². The largest absolute Gasteiger partial charge is 0.488 e. The monoisotopic (exact) mass is 615 g/mol. The molecule has 3 aromatic carbocycles. The fourth-order valence-corrected chi connectivity index (χ4v) is 5.01. The predicted octanol–water partition coefficient (Wildman–Crippen LogP) is 3.74. The molecule has 9 nitrogen and oxygen atoms in total. The van der Waals surface area contributed by atoms with Crippen LogP contribution in [0.5, 0.6) is 0 Å². The zero-order valence-electron chi connectivity index (χ0n) is 23.9. The number of aldehydes is 1. The molecule has 3 heterocycles. The molecule has 6 rings (SSSR count). The number of alkyl halides is 1. The molecule has 1 aliphatic rings. The first-order valence-electron chi connectivity index (χ1n) is 14.1. The van der Waals surface area contributed by atoms with Crippen LogP contribution in [0, 0.1) is 11.6 Å². The number of carbonyl (C=O) groups is 2. The van der Waals surface area contributed by atoms with Crippen LogP contribution >= 0.6 is 0 Å². The maximum Gasteiger partial charge on any atom is 0.488 e. The molecule has 1 atom stereocenters. The first kappa shape index (κ1) is 31.4. The summed E-state index contributed by atoms with van der Waals surface area (Å²) in [5.41, 5.74) is 7.87. The van der Waals surface area contributed by atoms with Gasteiger partial charge in [0.05, 0.1) is 11.3 Å². The normalized spacial score (nSPS) is 14.1. The first-order chi connectivity index (χ1) is 21.7. The van der Waals surface area contributed by atoms with E-state index in [2.05, 4.69) is 20.6 Å². The average molecular weight is 615 g/mol. The van der Waals surface area contributed by atoms with Crippen LogP contribution in [-0.2, 0) is 6.54 Å². The summed E-state index contributed by atoms with van der Waals surface area (Å²) in [6, 6.07) is 15.5. The molecular weight excluding hydrogens is 586 g/mol. The lowest BCUT2D eigenvalue weighted by atomic mass is 9.77. The second kappa shape index (κ2) is 13.8. The van der Waals surface area contributed by atoms with E-state index >= 15 is 0 Å². The number of anilines is 2. The minimum absolute atomic E-state index is 0.0183. The molecule has 13 heteroatoms. The van der Waals surface area contributed by atoms with Crippen LogP contribution < -0.4 is 21.8 Å². The molecule has 0 unspecified atom stereocenters. The smallest absolute Gasteiger partial charge is 0.423 e. The number of nitrogens with two attached hydrogens (primary N) is 1. The quantitative estimate of drug-likeness (QED) is 0.0669. The molecule has 0 saturated carbocycles. The summed E-state index contributed by atoms with van der Waals surface area (Å²) in [5, 5.41) is 25.7. The Labute approximate surface area is 256 Å². The zero-order valence-corrected chi connectivity index (χ0v) is 23.9. The Balaban J connectivity index is 0.000000598. The highest BCUT2D eigenvalue weighted by molar-refractivity contribution is 6.59. The summed E-state index contributed by atoms with van der Waals surface area (Å²) in [4.78, 5) is 32.0. The Hall–Kier alpha value is -4.98. The van der Waals surface area contributed by atoms with Crippen molar-refractivity contribution in [2.24, 2.45) is 0 Å². The third-order valence-electron chi connectivity index (χ3n) is 7.44. The number of benzene rings is 3. The van der Waals surface area contributed by atoms with Crippen molar-refractivity contribution in [2.75, 3.05) is 24.1 Å². The van der Waals surface area contributed by atoms with Gasteiger partial charge < -0.3 is 31.4 Å². The highest BCUT2D eigenvalue weighted by Gasteiger charge is 2.24. The number of H-pyrrole nitrogens is 1. The molecule has 7 N–H and O–H groups in total. The molecule has 0 radical (unpaired) electrons. The van der Waals surface area contributed by atoms with E-state index in [1.807, 2.05) is 0 Å². The Kier molecular flexibility index (Phi) is 9.62. The average Bonchev–Trinajstić information content (AvgIpc) is 3.71. The molecule has 2 aromatic heterocycles. The summed E-state index contributed by atoms with van der Waals surface area (Å²) in [6.07, 6.45) is 3.73. The standard InChI is InChI=1S/C28H21BF2N4O4.C4H8FN/c30-22-7-8-23(32)26(31)25(22)27(37)20-13-35-28-19(20)9-18(12-34-28)15-5-6-17(14-36)24(10-15)33-11-16-3-1-2-4-21(16)29(38)39;5-4-1-2-6-3-4/h1-10,12-14,33,38-39H,11,32H2,(H,34,35);4,6H,1-3H2/t;4-/m.0/s1. The van der Waals surface area contributed by atoms with Crippen molar-refractivity contribution in [3.63, 3.8) is 0 Å². The van der Waals surface area contributed by atoms with Crippen LogP contribution in [-0.4, -0.2) is 58.5 Å². The van der Waals surface area contributed by atoms with E-state index < -0.39 is 36.3 Å². The number of fused-ring (bicyclic) bond motifs is 1. The number of nitrogen functional groups attached to an aromatic ring is 1. The van der Waals surface area contributed by atoms with Gasteiger partial charge in [-0.1, -0.05) is 30.3 Å². The number of halogens is 3. The Morgan fingerprint density at radius 1 is 1.11 bits per heavy atom. The van der Waals surface area contributed by atoms with Crippen molar-refractivity contribution in [3.8, 4) is 11.1 Å². The van der Waals surface area contributed by atoms with Crippen molar-refractivity contribution in [2.45, 2.75) is 19.1 Å². The van der Waals surface area contributed by atoms with Crippen molar-refractivity contribution in [1.82, 2.24) is 15.3 Å². The van der Waals surface area contributed by atoms with Gasteiger partial charge in [-0.3, -0.25) is 9.59 Å². The van der Waals surface area contributed by atoms with Gasteiger partial charge in [0.1, 0.15) is 17.6 Å². The van der Waals surface area contributed by atoms with Gasteiger partial charge in [0.2, 0.25) is 5.78 Å². The highest BCUT2D eigenvalue weighted by Crippen LogP contribution is 2.30. The molecule has 0 aliphatic carbocycles. The van der Waals surface area contributed by atoms with E-state index in [9.17, 15) is 32.8 Å². The number of rotatable bonds is 8. The molecule has 5 aromatic rings. The lowest BCUT2D eigenvalue weighted by Gasteiger charge is -2.14. The van der Waals surface area contributed by atoms with Crippen molar-refractivity contribution < 1.29 is 32.8 Å². The van der Waals surface area contributed by atoms with Crippen molar-refractivity contribution >= 4 is 47.1 Å². The SMILES string of the molecule is F[C@H]1CCNC1.Nc1ccc(F)c(C(=O)c2c[nH]c3ncc(-c4ccc(C=O)c(NCc5ccccc5B(O)O)c4)cc23)c1F. The Morgan fingerprint density at radius 3 is 2.60 bits per heavy atom. The van der Waals surface area contributed by atoms with Crippen LogP contribution in [0.2, 0.25) is 0 Å². The summed E-state index contributed by atoms with van der Waals surface area (Å²) in [5.74, 6) is -3.04. The fourth-order valence-electron chi connectivity index (χ4n) is 5.01. The van der Waals surface area contributed by atoms with Crippen molar-refractivity contribution in [3.05, 3.63) is 107 Å². The minimum Gasteiger partial charge on any atom is -0.423 e. The Bertz CT molecular complexity index is 1860. The predicted molar refractivity (Wildman–Crippen MR) is 167 cm³/mol. The maximum absolute atomic E-state index is 14.6. The van der Waals surface area contributed by atoms with E-state index in [1.54, 1.807) is 54.7 Å². The summed E-state index contributed by atoms with van der Waals surface area (Å²) in [6.45, 7) is 1.64. The number of aromatic nitrogens is 2. The van der Waals surface area contributed by atoms with Gasteiger partial charge in [-0.05, 0) is 59.9 Å². The maximum atomic E-state index is 14.6. The fraction of sp³-hybridized carbons (Fsp3) is 0.156. The van der Waals surface area contributed by atoms with Crippen LogP contribution in [0.25, 0.3) is 22.2 Å². The van der Waals surface area contributed by atoms with Gasteiger partial charge >= 0.3 is 7.12 Å². The highest BCUT2D eigenvalue weighted by atomic mass is 19.1. The molecule has 0 spiro atoms. The van der Waals surface area contributed by atoms with Gasteiger partial charge in [0, 0.05) is 53.2 Å². The second-order valence-electron chi connectivity index (χ2n) is 10.4. The summed E-state index contributed by atoms with van der Waals surface area (Å²) >= 11 is 0. The van der Waals surface area contributed by atoms with E-state index in [0.717, 1.165) is 18.7 Å². The van der Waals surface area contributed by atoms with Gasteiger partial charge in [0.15, 0.2) is 12.1 Å². The number of hydrogen-bond donors (Lipinski definition) is 6. The van der Waals surface area contributed by atoms with E-state index in [-0.39, 0.29) is 17.8 Å². The lowest BCUT2D eigenvalue weighted by Crippen LogP contribution is -2.33. The van der Waals surface area contributed by atoms with Crippen LogP contribution in [0.15, 0.2) is 73.1 Å². The number of nitrogens with zero attached hydrogens (tertiary/aromatic N) is 1. The number of hydrogen-bond acceptors (Lipinski definition) is 8. The first-order valence-corrected chi connectivity index (χ1v) is 14.1.